The summed E-state index contributed by atoms with van der Waals surface area (Å²) in [6, 6.07) is 14.9. The van der Waals surface area contributed by atoms with Crippen LogP contribution in [0.5, 0.6) is 0 Å². The van der Waals surface area contributed by atoms with Crippen LogP contribution in [0, 0.1) is 5.92 Å². The predicted octanol–water partition coefficient (Wildman–Crippen LogP) is 4.14. The minimum absolute atomic E-state index is 0.00930. The molecule has 0 radical (unpaired) electrons. The maximum absolute atomic E-state index is 12.1. The topological polar surface area (TPSA) is 84.2 Å². The predicted molar refractivity (Wildman–Crippen MR) is 109 cm³/mol. The lowest BCUT2D eigenvalue weighted by atomic mass is 10.1. The summed E-state index contributed by atoms with van der Waals surface area (Å²) in [5, 5.41) is 5.70. The molecule has 0 aliphatic carbocycles. The van der Waals surface area contributed by atoms with E-state index < -0.39 is 0 Å². The number of hydrogen-bond donors (Lipinski definition) is 2. The Balaban J connectivity index is 1.55. The van der Waals surface area contributed by atoms with E-state index in [1.165, 1.54) is 12.2 Å². The van der Waals surface area contributed by atoms with Gasteiger partial charge in [0.2, 0.25) is 17.7 Å². The maximum atomic E-state index is 12.1. The first-order valence-corrected chi connectivity index (χ1v) is 9.26. The molecule has 1 heterocycles. The summed E-state index contributed by atoms with van der Waals surface area (Å²) in [5.41, 5.74) is 3.04. The summed E-state index contributed by atoms with van der Waals surface area (Å²) in [6.07, 6.45) is 3.71. The van der Waals surface area contributed by atoms with Crippen LogP contribution >= 0.6 is 0 Å². The van der Waals surface area contributed by atoms with Crippen molar-refractivity contribution in [2.45, 2.75) is 26.8 Å². The molecule has 28 heavy (non-hydrogen) atoms. The lowest BCUT2D eigenvalue weighted by molar-refractivity contribution is -0.119. The normalized spacial score (nSPS) is 12.2. The largest absolute Gasteiger partial charge is 0.437 e. The van der Waals surface area contributed by atoms with Gasteiger partial charge in [0, 0.05) is 30.3 Å². The number of benzene rings is 2. The summed E-state index contributed by atoms with van der Waals surface area (Å²) in [7, 11) is 0. The molecular formula is C22H23N3O3. The molecule has 144 valence electrons. The van der Waals surface area contributed by atoms with Gasteiger partial charge in [0.1, 0.15) is 5.52 Å². The zero-order valence-corrected chi connectivity index (χ0v) is 15.9. The zero-order valence-electron chi connectivity index (χ0n) is 15.9. The molecule has 1 unspecified atom stereocenters. The lowest BCUT2D eigenvalue weighted by Crippen LogP contribution is -2.21. The minimum Gasteiger partial charge on any atom is -0.437 e. The number of anilines is 1. The Morgan fingerprint density at radius 3 is 2.79 bits per heavy atom. The van der Waals surface area contributed by atoms with E-state index in [-0.39, 0.29) is 17.7 Å². The molecule has 0 fully saturated rings. The Hall–Kier alpha value is -3.41. The Bertz CT molecular complexity index is 974. The van der Waals surface area contributed by atoms with Gasteiger partial charge in [-0.1, -0.05) is 38.1 Å². The highest BCUT2D eigenvalue weighted by Gasteiger charge is 2.10. The molecule has 3 aromatic rings. The van der Waals surface area contributed by atoms with Gasteiger partial charge in [0.05, 0.1) is 0 Å². The smallest absolute Gasteiger partial charge is 0.244 e. The summed E-state index contributed by atoms with van der Waals surface area (Å²) in [5.74, 6) is 0.0766. The van der Waals surface area contributed by atoms with E-state index in [2.05, 4.69) is 15.6 Å². The van der Waals surface area contributed by atoms with Crippen molar-refractivity contribution in [3.63, 3.8) is 0 Å². The van der Waals surface area contributed by atoms with E-state index in [1.807, 2.05) is 62.4 Å². The quantitative estimate of drug-likeness (QED) is 0.606. The van der Waals surface area contributed by atoms with Crippen molar-refractivity contribution in [3.05, 3.63) is 66.1 Å². The molecule has 0 spiro atoms. The molecule has 0 aliphatic rings. The van der Waals surface area contributed by atoms with Gasteiger partial charge in [0.25, 0.3) is 0 Å². The first-order chi connectivity index (χ1) is 13.5. The number of nitrogens with one attached hydrogen (secondary N) is 2. The Morgan fingerprint density at radius 1 is 1.18 bits per heavy atom. The molecule has 2 aromatic carbocycles. The first kappa shape index (κ1) is 19.4. The number of nitrogens with zero attached hydrogens (tertiary/aromatic N) is 1. The van der Waals surface area contributed by atoms with Crippen molar-refractivity contribution in [1.82, 2.24) is 10.3 Å². The van der Waals surface area contributed by atoms with Gasteiger partial charge < -0.3 is 15.1 Å². The molecule has 0 bridgehead atoms. The van der Waals surface area contributed by atoms with Gasteiger partial charge in [0.15, 0.2) is 5.58 Å². The summed E-state index contributed by atoms with van der Waals surface area (Å²) < 4.78 is 5.54. The third kappa shape index (κ3) is 5.07. The van der Waals surface area contributed by atoms with Crippen molar-refractivity contribution in [2.24, 2.45) is 5.92 Å². The van der Waals surface area contributed by atoms with Crippen LogP contribution in [-0.2, 0) is 16.1 Å². The van der Waals surface area contributed by atoms with Crippen LogP contribution in [0.15, 0.2) is 59.0 Å². The Kier molecular flexibility index (Phi) is 6.22. The number of rotatable bonds is 7. The second-order valence-electron chi connectivity index (χ2n) is 6.57. The zero-order chi connectivity index (χ0) is 19.9. The molecule has 1 atom stereocenters. The number of amides is 2. The fourth-order valence-corrected chi connectivity index (χ4v) is 2.57. The van der Waals surface area contributed by atoms with Gasteiger partial charge in [-0.25, -0.2) is 4.98 Å². The minimum atomic E-state index is -0.253. The van der Waals surface area contributed by atoms with Gasteiger partial charge in [-0.05, 0) is 36.2 Å². The van der Waals surface area contributed by atoms with E-state index in [0.717, 1.165) is 23.2 Å². The van der Waals surface area contributed by atoms with Crippen LogP contribution in [0.25, 0.3) is 17.2 Å². The molecule has 6 heteroatoms. The molecule has 0 aliphatic heterocycles. The lowest BCUT2D eigenvalue weighted by Gasteiger charge is -2.11. The monoisotopic (exact) mass is 377 g/mol. The fourth-order valence-electron chi connectivity index (χ4n) is 2.57. The van der Waals surface area contributed by atoms with Crippen LogP contribution in [0.1, 0.15) is 31.7 Å². The highest BCUT2D eigenvalue weighted by molar-refractivity contribution is 5.92. The molecule has 0 saturated carbocycles. The fraction of sp³-hybridized carbons (Fsp3) is 0.227. The van der Waals surface area contributed by atoms with E-state index in [4.69, 9.17) is 4.42 Å². The molecule has 1 aromatic heterocycles. The Labute approximate surface area is 163 Å². The summed E-state index contributed by atoms with van der Waals surface area (Å²) >= 11 is 0. The van der Waals surface area contributed by atoms with Gasteiger partial charge in [-0.15, -0.1) is 0 Å². The van der Waals surface area contributed by atoms with Gasteiger partial charge in [-0.3, -0.25) is 9.59 Å². The van der Waals surface area contributed by atoms with Crippen molar-refractivity contribution in [1.29, 1.82) is 0 Å². The number of fused-ring (bicyclic) bond motifs is 1. The van der Waals surface area contributed by atoms with Crippen molar-refractivity contribution < 1.29 is 14.0 Å². The third-order valence-electron chi connectivity index (χ3n) is 4.41. The highest BCUT2D eigenvalue weighted by atomic mass is 16.3. The van der Waals surface area contributed by atoms with Crippen molar-refractivity contribution in [3.8, 4) is 0 Å². The van der Waals surface area contributed by atoms with E-state index in [1.54, 1.807) is 0 Å². The molecule has 0 saturated heterocycles. The number of oxazole rings is 1. The van der Waals surface area contributed by atoms with Crippen LogP contribution in [0.3, 0.4) is 0 Å². The number of carbonyl (C=O) groups excluding carboxylic acids is 2. The first-order valence-electron chi connectivity index (χ1n) is 9.26. The number of aromatic nitrogens is 1. The van der Waals surface area contributed by atoms with E-state index in [0.29, 0.717) is 18.0 Å². The van der Waals surface area contributed by atoms with Crippen molar-refractivity contribution in [2.75, 3.05) is 5.32 Å². The third-order valence-corrected chi connectivity index (χ3v) is 4.41. The molecule has 2 amide bonds. The van der Waals surface area contributed by atoms with Crippen LogP contribution in [0.4, 0.5) is 5.69 Å². The number of para-hydroxylation sites is 2. The Morgan fingerprint density at radius 2 is 2.00 bits per heavy atom. The van der Waals surface area contributed by atoms with Crippen LogP contribution in [-0.4, -0.2) is 16.8 Å². The highest BCUT2D eigenvalue weighted by Crippen LogP contribution is 2.15. The van der Waals surface area contributed by atoms with Gasteiger partial charge >= 0.3 is 0 Å². The standard InChI is InChI=1S/C22H23N3O3/c1-3-15(2)22(27)24-17-8-6-7-16(13-17)14-23-20(26)11-12-21-25-18-9-4-5-10-19(18)28-21/h4-13,15H,3,14H2,1-2H3,(H,23,26)(H,24,27)/b12-11+. The second-order valence-corrected chi connectivity index (χ2v) is 6.57. The number of hydrogen-bond acceptors (Lipinski definition) is 4. The maximum Gasteiger partial charge on any atom is 0.244 e. The summed E-state index contributed by atoms with van der Waals surface area (Å²) in [6.45, 7) is 4.22. The van der Waals surface area contributed by atoms with Crippen LogP contribution in [0.2, 0.25) is 0 Å². The molecule has 2 N–H and O–H groups in total. The van der Waals surface area contributed by atoms with Crippen LogP contribution < -0.4 is 10.6 Å². The number of carbonyl (C=O) groups is 2. The molecule has 3 rings (SSSR count). The molecule has 6 nitrogen and oxygen atoms in total. The molecular weight excluding hydrogens is 354 g/mol. The summed E-state index contributed by atoms with van der Waals surface area (Å²) in [4.78, 5) is 28.3. The van der Waals surface area contributed by atoms with Crippen molar-refractivity contribution >= 4 is 34.7 Å². The second kappa shape index (κ2) is 8.99. The van der Waals surface area contributed by atoms with E-state index in [9.17, 15) is 9.59 Å². The van der Waals surface area contributed by atoms with E-state index >= 15 is 0 Å². The SMILES string of the molecule is CCC(C)C(=O)Nc1cccc(CNC(=O)/C=C/c2nc3ccccc3o2)c1. The average Bonchev–Trinajstić information content (AvgIpc) is 3.13. The van der Waals surface area contributed by atoms with Gasteiger partial charge in [-0.2, -0.15) is 0 Å². The average molecular weight is 377 g/mol.